The van der Waals surface area contributed by atoms with Crippen LogP contribution in [0.3, 0.4) is 0 Å². The predicted octanol–water partition coefficient (Wildman–Crippen LogP) is 1.78. The van der Waals surface area contributed by atoms with Crippen LogP contribution in [0.1, 0.15) is 27.4 Å². The third kappa shape index (κ3) is 2.74. The molecule has 0 bridgehead atoms. The fraction of sp³-hybridized carbons (Fsp3) is 0.154. The lowest BCUT2D eigenvalue weighted by Crippen LogP contribution is -2.23. The monoisotopic (exact) mass is 241 g/mol. The fourth-order valence-corrected chi connectivity index (χ4v) is 1.50. The van der Waals surface area contributed by atoms with Gasteiger partial charge in [0.25, 0.3) is 5.91 Å². The molecule has 0 aliphatic rings. The number of amides is 1. The van der Waals surface area contributed by atoms with Crippen molar-refractivity contribution in [3.05, 3.63) is 52.9 Å². The summed E-state index contributed by atoms with van der Waals surface area (Å²) in [5.41, 5.74) is 1.69. The maximum Gasteiger partial charge on any atom is 0.273 e. The van der Waals surface area contributed by atoms with Gasteiger partial charge < -0.3 is 9.84 Å². The van der Waals surface area contributed by atoms with Crippen LogP contribution in [0.4, 0.5) is 0 Å². The summed E-state index contributed by atoms with van der Waals surface area (Å²) in [4.78, 5) is 11.7. The summed E-state index contributed by atoms with van der Waals surface area (Å²) in [5.74, 6) is 0.292. The molecule has 1 aromatic heterocycles. The highest BCUT2D eigenvalue weighted by molar-refractivity contribution is 5.92. The van der Waals surface area contributed by atoms with Crippen LogP contribution in [0.15, 0.2) is 34.9 Å². The first-order valence-electron chi connectivity index (χ1n) is 5.39. The number of carbonyl (C=O) groups is 1. The van der Waals surface area contributed by atoms with Gasteiger partial charge in [0.2, 0.25) is 0 Å². The van der Waals surface area contributed by atoms with E-state index in [0.717, 1.165) is 5.56 Å². The van der Waals surface area contributed by atoms with Crippen LogP contribution in [0.5, 0.6) is 0 Å². The number of nitrogens with one attached hydrogen (secondary N) is 1. The lowest BCUT2D eigenvalue weighted by molar-refractivity contribution is 0.0942. The molecular weight excluding hydrogens is 230 g/mol. The van der Waals surface area contributed by atoms with Crippen LogP contribution in [-0.4, -0.2) is 11.1 Å². The number of nitrogens with zero attached hydrogens (tertiary/aromatic N) is 2. The minimum Gasteiger partial charge on any atom is -0.361 e. The molecule has 90 valence electrons. The molecule has 2 rings (SSSR count). The average Bonchev–Trinajstić information content (AvgIpc) is 2.83. The molecule has 0 spiro atoms. The van der Waals surface area contributed by atoms with Gasteiger partial charge in [0.1, 0.15) is 5.76 Å². The number of nitriles is 1. The zero-order valence-electron chi connectivity index (χ0n) is 9.80. The van der Waals surface area contributed by atoms with Crippen molar-refractivity contribution in [3.63, 3.8) is 0 Å². The van der Waals surface area contributed by atoms with Gasteiger partial charge in [-0.05, 0) is 24.6 Å². The van der Waals surface area contributed by atoms with Crippen molar-refractivity contribution in [2.45, 2.75) is 13.5 Å². The Morgan fingerprint density at radius 1 is 1.50 bits per heavy atom. The van der Waals surface area contributed by atoms with E-state index < -0.39 is 0 Å². The van der Waals surface area contributed by atoms with Crippen molar-refractivity contribution >= 4 is 5.91 Å². The molecule has 0 saturated carbocycles. The summed E-state index contributed by atoms with van der Waals surface area (Å²) < 4.78 is 4.82. The molecule has 0 atom stereocenters. The molecule has 0 aliphatic carbocycles. The number of carbonyl (C=O) groups excluding carboxylic acids is 1. The first-order chi connectivity index (χ1) is 8.69. The molecule has 1 heterocycles. The molecule has 0 radical (unpaired) electrons. The molecule has 1 amide bonds. The van der Waals surface area contributed by atoms with Crippen LogP contribution >= 0.6 is 0 Å². The van der Waals surface area contributed by atoms with E-state index in [1.165, 1.54) is 0 Å². The van der Waals surface area contributed by atoms with Gasteiger partial charge in [-0.3, -0.25) is 4.79 Å². The predicted molar refractivity (Wildman–Crippen MR) is 63.6 cm³/mol. The zero-order chi connectivity index (χ0) is 13.0. The molecule has 18 heavy (non-hydrogen) atoms. The molecule has 0 aliphatic heterocycles. The fourth-order valence-electron chi connectivity index (χ4n) is 1.50. The minimum absolute atomic E-state index is 0.254. The largest absolute Gasteiger partial charge is 0.361 e. The maximum absolute atomic E-state index is 11.7. The van der Waals surface area contributed by atoms with Crippen LogP contribution in [0.25, 0.3) is 0 Å². The second-order valence-electron chi connectivity index (χ2n) is 3.82. The quantitative estimate of drug-likeness (QED) is 0.888. The topological polar surface area (TPSA) is 78.9 Å². The second kappa shape index (κ2) is 5.15. The highest BCUT2D eigenvalue weighted by atomic mass is 16.5. The van der Waals surface area contributed by atoms with Gasteiger partial charge in [0.05, 0.1) is 11.6 Å². The van der Waals surface area contributed by atoms with Crippen molar-refractivity contribution in [1.82, 2.24) is 10.5 Å². The Morgan fingerprint density at radius 3 is 3.00 bits per heavy atom. The molecule has 1 N–H and O–H groups in total. The van der Waals surface area contributed by atoms with Crippen LogP contribution in [0.2, 0.25) is 0 Å². The third-order valence-electron chi connectivity index (χ3n) is 2.37. The molecule has 0 fully saturated rings. The van der Waals surface area contributed by atoms with E-state index >= 15 is 0 Å². The Labute approximate surface area is 104 Å². The lowest BCUT2D eigenvalue weighted by atomic mass is 10.1. The van der Waals surface area contributed by atoms with E-state index in [2.05, 4.69) is 10.5 Å². The molecule has 2 aromatic rings. The minimum atomic E-state index is -0.297. The number of aryl methyl sites for hydroxylation is 1. The SMILES string of the molecule is Cc1cc(C(=O)NCc2cccc(C#N)c2)no1. The maximum atomic E-state index is 11.7. The normalized spacial score (nSPS) is 9.78. The highest BCUT2D eigenvalue weighted by Crippen LogP contribution is 2.05. The van der Waals surface area contributed by atoms with Gasteiger partial charge >= 0.3 is 0 Å². The van der Waals surface area contributed by atoms with E-state index in [1.54, 1.807) is 31.2 Å². The molecule has 0 saturated heterocycles. The third-order valence-corrected chi connectivity index (χ3v) is 2.37. The number of benzene rings is 1. The smallest absolute Gasteiger partial charge is 0.273 e. The summed E-state index contributed by atoms with van der Waals surface area (Å²) in [5, 5.41) is 15.1. The van der Waals surface area contributed by atoms with Gasteiger partial charge in [-0.15, -0.1) is 0 Å². The van der Waals surface area contributed by atoms with Gasteiger partial charge in [0.15, 0.2) is 5.69 Å². The number of hydrogen-bond donors (Lipinski definition) is 1. The van der Waals surface area contributed by atoms with Crippen molar-refractivity contribution in [3.8, 4) is 6.07 Å². The van der Waals surface area contributed by atoms with Gasteiger partial charge in [0, 0.05) is 12.6 Å². The highest BCUT2D eigenvalue weighted by Gasteiger charge is 2.10. The Balaban J connectivity index is 1.99. The summed E-state index contributed by atoms with van der Waals surface area (Å²) in [6, 6.07) is 10.7. The summed E-state index contributed by atoms with van der Waals surface area (Å²) in [6.07, 6.45) is 0. The van der Waals surface area contributed by atoms with Crippen LogP contribution < -0.4 is 5.32 Å². The summed E-state index contributed by atoms with van der Waals surface area (Å²) >= 11 is 0. The standard InChI is InChI=1S/C13H11N3O2/c1-9-5-12(16-18-9)13(17)15-8-11-4-2-3-10(6-11)7-14/h2-6H,8H2,1H3,(H,15,17). The Kier molecular flexibility index (Phi) is 3.39. The lowest BCUT2D eigenvalue weighted by Gasteiger charge is -2.03. The molecule has 1 aromatic carbocycles. The van der Waals surface area contributed by atoms with E-state index in [9.17, 15) is 4.79 Å². The Bertz CT molecular complexity index is 611. The van der Waals surface area contributed by atoms with Crippen molar-refractivity contribution in [1.29, 1.82) is 5.26 Å². The van der Waals surface area contributed by atoms with Crippen LogP contribution in [0, 0.1) is 18.3 Å². The molecular formula is C13H11N3O2. The van der Waals surface area contributed by atoms with Gasteiger partial charge in [-0.2, -0.15) is 5.26 Å². The van der Waals surface area contributed by atoms with Crippen molar-refractivity contribution in [2.75, 3.05) is 0 Å². The molecule has 5 heteroatoms. The summed E-state index contributed by atoms with van der Waals surface area (Å²) in [6.45, 7) is 2.07. The molecule has 0 unspecified atom stereocenters. The molecule has 5 nitrogen and oxygen atoms in total. The Morgan fingerprint density at radius 2 is 2.33 bits per heavy atom. The number of hydrogen-bond acceptors (Lipinski definition) is 4. The first kappa shape index (κ1) is 11.9. The van der Waals surface area contributed by atoms with Gasteiger partial charge in [-0.25, -0.2) is 0 Å². The van der Waals surface area contributed by atoms with E-state index in [1.807, 2.05) is 12.1 Å². The summed E-state index contributed by atoms with van der Waals surface area (Å²) in [7, 11) is 0. The average molecular weight is 241 g/mol. The number of rotatable bonds is 3. The number of aromatic nitrogens is 1. The van der Waals surface area contributed by atoms with Crippen LogP contribution in [-0.2, 0) is 6.54 Å². The zero-order valence-corrected chi connectivity index (χ0v) is 9.80. The van der Waals surface area contributed by atoms with Crippen molar-refractivity contribution < 1.29 is 9.32 Å². The van der Waals surface area contributed by atoms with E-state index in [0.29, 0.717) is 17.9 Å². The second-order valence-corrected chi connectivity index (χ2v) is 3.82. The van der Waals surface area contributed by atoms with E-state index in [4.69, 9.17) is 9.78 Å². The van der Waals surface area contributed by atoms with Gasteiger partial charge in [-0.1, -0.05) is 17.3 Å². The van der Waals surface area contributed by atoms with E-state index in [-0.39, 0.29) is 11.6 Å². The Hall–Kier alpha value is -2.61. The first-order valence-corrected chi connectivity index (χ1v) is 5.39. The van der Waals surface area contributed by atoms with Crippen molar-refractivity contribution in [2.24, 2.45) is 0 Å².